The Labute approximate surface area is 337 Å². The van der Waals surface area contributed by atoms with E-state index in [0.29, 0.717) is 37.4 Å². The lowest BCUT2D eigenvalue weighted by atomic mass is 10.4. The average Bonchev–Trinajstić information content (AvgIpc) is 2.99. The molecular weight excluding hydrogens is 907 g/mol. The fourth-order valence-corrected chi connectivity index (χ4v) is 42.2. The summed E-state index contributed by atoms with van der Waals surface area (Å²) in [4.78, 5) is 42.0. The standard InChI is InChI=1S/C24H54N3O15Si12/c1-43-31-46(4)37-52(10,38-47(5)32-43)19-13-16-25-22(28)26(17-14-20-53(11)39-48(6)33-44(2)34-49(7)40-53)24(30)27(23(25)29)18-15-21-54(12)41-50(8)35-45(3)36-51(9)42-54/h13-21H2,1-12H3. The van der Waals surface area contributed by atoms with Crippen LogP contribution in [-0.2, 0) is 69.0 Å². The molecule has 3 saturated heterocycles. The van der Waals surface area contributed by atoms with Gasteiger partial charge in [0.05, 0.1) is 0 Å². The van der Waals surface area contributed by atoms with Crippen LogP contribution < -0.4 is 17.1 Å². The van der Waals surface area contributed by atoms with Gasteiger partial charge in [-0.1, -0.05) is 0 Å². The lowest BCUT2D eigenvalue weighted by Crippen LogP contribution is -2.56. The molecule has 303 valence electrons. The van der Waals surface area contributed by atoms with Crippen LogP contribution in [0.1, 0.15) is 19.3 Å². The predicted molar refractivity (Wildman–Crippen MR) is 220 cm³/mol. The molecule has 3 fully saturated rings. The van der Waals surface area contributed by atoms with Gasteiger partial charge in [-0.25, -0.2) is 28.1 Å². The third kappa shape index (κ3) is 14.1. The van der Waals surface area contributed by atoms with Crippen molar-refractivity contribution in [2.45, 2.75) is 136 Å². The molecule has 9 radical (unpaired) electrons. The first-order valence-corrected chi connectivity index (χ1v) is 41.8. The molecule has 0 unspecified atom stereocenters. The molecule has 4 heterocycles. The van der Waals surface area contributed by atoms with Gasteiger partial charge in [-0.3, -0.25) is 0 Å². The maximum Gasteiger partial charge on any atom is 0.362 e. The topological polar surface area (TPSA) is 177 Å². The van der Waals surface area contributed by atoms with Crippen molar-refractivity contribution in [3.05, 3.63) is 31.5 Å². The Bertz CT molecular complexity index is 1310. The molecule has 30 heteroatoms. The van der Waals surface area contributed by atoms with E-state index < -0.39 is 126 Å². The van der Waals surface area contributed by atoms with E-state index in [-0.39, 0.29) is 19.6 Å². The molecule has 1 aromatic heterocycles. The summed E-state index contributed by atoms with van der Waals surface area (Å²) in [5, 5.41) is 0. The molecule has 0 spiro atoms. The number of aromatic nitrogens is 3. The van der Waals surface area contributed by atoms with Crippen molar-refractivity contribution in [1.82, 2.24) is 13.7 Å². The smallest absolute Gasteiger partial charge is 0.362 e. The largest absolute Gasteiger partial charge is 0.415 e. The van der Waals surface area contributed by atoms with E-state index in [9.17, 15) is 14.4 Å². The summed E-state index contributed by atoms with van der Waals surface area (Å²) in [6.07, 6.45) is 1.28. The number of nitrogens with zero attached hydrogens (tertiary/aromatic N) is 3. The van der Waals surface area contributed by atoms with E-state index in [1.54, 1.807) is 0 Å². The third-order valence-corrected chi connectivity index (χ3v) is 43.2. The Balaban J connectivity index is 1.57. The van der Waals surface area contributed by atoms with E-state index in [0.717, 1.165) is 0 Å². The Morgan fingerprint density at radius 2 is 0.556 bits per heavy atom. The van der Waals surface area contributed by atoms with Crippen molar-refractivity contribution in [1.29, 1.82) is 0 Å². The van der Waals surface area contributed by atoms with E-state index in [1.165, 1.54) is 13.7 Å². The second-order valence-electron chi connectivity index (χ2n) is 13.7. The molecule has 0 N–H and O–H groups in total. The molecule has 0 aliphatic carbocycles. The van der Waals surface area contributed by atoms with Crippen molar-refractivity contribution in [2.75, 3.05) is 0 Å². The lowest BCUT2D eigenvalue weighted by molar-refractivity contribution is 0.271. The molecule has 4 rings (SSSR count). The maximum absolute atomic E-state index is 14.0. The van der Waals surface area contributed by atoms with Crippen molar-refractivity contribution in [3.8, 4) is 0 Å². The highest BCUT2D eigenvalue weighted by atomic mass is 28.5. The Kier molecular flexibility index (Phi) is 18.1. The SMILES string of the molecule is C[Si]1O[Si](C)O[Si](C)(CCCn2c(=O)n(CCC[Si]3(C)O[Si](C)O[Si](C)O[Si](C)O3)c(=O)n(CCC[Si]3(C)O[Si](C)O[Si](C)O[Si](C)O3)c2=O)O[Si](C)O1. The van der Waals surface area contributed by atoms with E-state index >= 15 is 0 Å². The van der Waals surface area contributed by atoms with Crippen LogP contribution in [0.15, 0.2) is 14.4 Å². The minimum Gasteiger partial charge on any atom is -0.415 e. The molecular formula is C24H54N3O15Si12. The monoisotopic (exact) mass is 960 g/mol. The number of rotatable bonds is 12. The van der Waals surface area contributed by atoms with Gasteiger partial charge in [0.25, 0.3) is 0 Å². The highest BCUT2D eigenvalue weighted by molar-refractivity contribution is 6.82. The second kappa shape index (κ2) is 20.7. The molecule has 54 heavy (non-hydrogen) atoms. The third-order valence-electron chi connectivity index (χ3n) is 8.31. The van der Waals surface area contributed by atoms with Gasteiger partial charge >= 0.3 is 126 Å². The molecule has 1 aromatic rings. The Hall–Kier alpha value is 0.533. The molecule has 0 amide bonds. The van der Waals surface area contributed by atoms with Gasteiger partial charge in [0, 0.05) is 19.6 Å². The summed E-state index contributed by atoms with van der Waals surface area (Å²) < 4.78 is 77.7. The van der Waals surface area contributed by atoms with Gasteiger partial charge in [-0.05, 0) is 116 Å². The molecule has 0 saturated carbocycles. The van der Waals surface area contributed by atoms with Crippen LogP contribution in [0.5, 0.6) is 0 Å². The zero-order valence-corrected chi connectivity index (χ0v) is 45.3. The number of hydrogen-bond donors (Lipinski definition) is 0. The van der Waals surface area contributed by atoms with E-state index in [4.69, 9.17) is 49.4 Å². The highest BCUT2D eigenvalue weighted by Crippen LogP contribution is 2.24. The van der Waals surface area contributed by atoms with Crippen molar-refractivity contribution in [2.24, 2.45) is 0 Å². The molecule has 0 aromatic carbocycles. The van der Waals surface area contributed by atoms with Gasteiger partial charge in [-0.15, -0.1) is 0 Å². The zero-order valence-electron chi connectivity index (χ0n) is 33.3. The first-order chi connectivity index (χ1) is 25.2. The summed E-state index contributed by atoms with van der Waals surface area (Å²) >= 11 is 0. The van der Waals surface area contributed by atoms with Gasteiger partial charge in [0.1, 0.15) is 0 Å². The van der Waals surface area contributed by atoms with Crippen LogP contribution in [0.4, 0.5) is 0 Å². The Morgan fingerprint density at radius 3 is 0.741 bits per heavy atom. The maximum atomic E-state index is 14.0. The van der Waals surface area contributed by atoms with Crippen molar-refractivity contribution in [3.63, 3.8) is 0 Å². The van der Waals surface area contributed by atoms with Crippen LogP contribution in [-0.4, -0.2) is 123 Å². The van der Waals surface area contributed by atoms with E-state index in [2.05, 4.69) is 0 Å². The van der Waals surface area contributed by atoms with Gasteiger partial charge in [0.15, 0.2) is 0 Å². The molecule has 3 aliphatic rings. The Morgan fingerprint density at radius 1 is 0.370 bits per heavy atom. The summed E-state index contributed by atoms with van der Waals surface area (Å²) in [5.41, 5.74) is -1.94. The first kappa shape index (κ1) is 47.2. The van der Waals surface area contributed by atoms with Crippen LogP contribution in [0.2, 0.25) is 96.7 Å². The van der Waals surface area contributed by atoms with Crippen LogP contribution in [0.25, 0.3) is 0 Å². The lowest BCUT2D eigenvalue weighted by Gasteiger charge is -2.35. The summed E-state index contributed by atoms with van der Waals surface area (Å²) in [5.74, 6) is 0. The first-order valence-electron chi connectivity index (χ1n) is 17.9. The fourth-order valence-electron chi connectivity index (χ4n) is 6.53. The molecule has 3 aliphatic heterocycles. The fraction of sp³-hybridized carbons (Fsp3) is 0.875. The molecule has 18 nitrogen and oxygen atoms in total. The van der Waals surface area contributed by atoms with Gasteiger partial charge in [0.2, 0.25) is 0 Å². The number of hydrogen-bond acceptors (Lipinski definition) is 15. The van der Waals surface area contributed by atoms with Gasteiger partial charge < -0.3 is 49.4 Å². The summed E-state index contributed by atoms with van der Waals surface area (Å²) in [6.45, 7) is 23.5. The van der Waals surface area contributed by atoms with Crippen LogP contribution >= 0.6 is 0 Å². The normalized spacial score (nSPS) is 24.4. The van der Waals surface area contributed by atoms with Crippen LogP contribution in [0, 0.1) is 0 Å². The zero-order chi connectivity index (χ0) is 40.0. The second-order valence-corrected chi connectivity index (χ2v) is 40.6. The molecule has 0 bridgehead atoms. The summed E-state index contributed by atoms with van der Waals surface area (Å²) in [6, 6.07) is 1.53. The van der Waals surface area contributed by atoms with Crippen molar-refractivity contribution >= 4 is 109 Å². The van der Waals surface area contributed by atoms with Gasteiger partial charge in [-0.2, -0.15) is 0 Å². The van der Waals surface area contributed by atoms with E-state index in [1.807, 2.05) is 78.6 Å². The minimum absolute atomic E-state index is 0.0880. The highest BCUT2D eigenvalue weighted by Gasteiger charge is 2.43. The predicted octanol–water partition coefficient (Wildman–Crippen LogP) is 1.86. The van der Waals surface area contributed by atoms with Crippen molar-refractivity contribution < 1.29 is 49.4 Å². The summed E-state index contributed by atoms with van der Waals surface area (Å²) in [7, 11) is -22.2. The minimum atomic E-state index is -2.76. The van der Waals surface area contributed by atoms with Crippen LogP contribution in [0.3, 0.4) is 0 Å². The average molecular weight is 962 g/mol. The molecule has 0 atom stereocenters. The quantitative estimate of drug-likeness (QED) is 0.278.